The van der Waals surface area contributed by atoms with Crippen molar-refractivity contribution in [2.45, 2.75) is 83.5 Å². The van der Waals surface area contributed by atoms with Crippen LogP contribution in [-0.4, -0.2) is 90.8 Å². The highest BCUT2D eigenvalue weighted by atomic mass is 19.3. The summed E-state index contributed by atoms with van der Waals surface area (Å²) in [6.45, 7) is 10.2. The van der Waals surface area contributed by atoms with Crippen LogP contribution in [0, 0.1) is 11.3 Å². The van der Waals surface area contributed by atoms with Crippen molar-refractivity contribution in [3.63, 3.8) is 0 Å². The SMILES string of the molecule is CC(n1cc(-c2cncc(N3CC4(C3)CC4(F)F)n2)nn1)n1ccc(N2CCC[C@@H](N(CC3CC3)C(=O)OC(C)(C)C)C2)cc1=O. The van der Waals surface area contributed by atoms with Crippen LogP contribution in [0.2, 0.25) is 0 Å². The average molecular weight is 638 g/mol. The normalized spacial score (nSPS) is 22.3. The highest BCUT2D eigenvalue weighted by Crippen LogP contribution is 2.65. The zero-order valence-electron chi connectivity index (χ0n) is 26.8. The lowest BCUT2D eigenvalue weighted by molar-refractivity contribution is 0.0134. The molecule has 246 valence electrons. The Hall–Kier alpha value is -4.10. The first-order valence-electron chi connectivity index (χ1n) is 16.1. The number of rotatable bonds is 8. The molecule has 1 unspecified atom stereocenters. The molecule has 0 radical (unpaired) electrons. The third-order valence-corrected chi connectivity index (χ3v) is 9.62. The van der Waals surface area contributed by atoms with Gasteiger partial charge in [-0.3, -0.25) is 14.3 Å². The third-order valence-electron chi connectivity index (χ3n) is 9.62. The predicted octanol–water partition coefficient (Wildman–Crippen LogP) is 4.42. The lowest BCUT2D eigenvalue weighted by Crippen LogP contribution is -2.52. The number of hydrogen-bond donors (Lipinski definition) is 0. The van der Waals surface area contributed by atoms with E-state index >= 15 is 0 Å². The molecule has 5 heterocycles. The van der Waals surface area contributed by atoms with Crippen molar-refractivity contribution in [2.24, 2.45) is 11.3 Å². The molecule has 0 N–H and O–H groups in total. The number of aromatic nitrogens is 6. The Morgan fingerprint density at radius 3 is 2.59 bits per heavy atom. The van der Waals surface area contributed by atoms with Gasteiger partial charge in [0.05, 0.1) is 30.0 Å². The Bertz CT molecular complexity index is 1680. The zero-order valence-corrected chi connectivity index (χ0v) is 26.8. The summed E-state index contributed by atoms with van der Waals surface area (Å²) in [6, 6.07) is 3.57. The maximum absolute atomic E-state index is 13.7. The van der Waals surface area contributed by atoms with Crippen LogP contribution in [0.1, 0.15) is 66.0 Å². The standard InChI is InChI=1S/C32H41F2N9O3/c1-21(43-17-26(37-38-43)25-13-35-14-27(36-25)40-19-31(20-40)18-32(31,33)34)41-11-9-23(12-28(41)44)39-10-5-6-24(16-39)42(15-22-7-8-22)29(45)46-30(2,3)4/h9,11-14,17,21-22,24H,5-8,10,15-16,18-20H2,1-4H3/t21?,24-/m1/s1. The minimum absolute atomic E-state index is 0.0117. The van der Waals surface area contributed by atoms with Gasteiger partial charge >= 0.3 is 6.09 Å². The summed E-state index contributed by atoms with van der Waals surface area (Å²) in [6.07, 6.45) is 9.87. The molecule has 12 nitrogen and oxygen atoms in total. The van der Waals surface area contributed by atoms with Gasteiger partial charge in [0, 0.05) is 57.1 Å². The van der Waals surface area contributed by atoms with Crippen molar-refractivity contribution in [3.05, 3.63) is 47.3 Å². The number of halogens is 2. The fraction of sp³-hybridized carbons (Fsp3) is 0.625. The molecule has 46 heavy (non-hydrogen) atoms. The number of hydrogen-bond acceptors (Lipinski definition) is 9. The second-order valence-electron chi connectivity index (χ2n) is 14.4. The Morgan fingerprint density at radius 2 is 1.91 bits per heavy atom. The van der Waals surface area contributed by atoms with Gasteiger partial charge in [-0.25, -0.2) is 23.2 Å². The van der Waals surface area contributed by atoms with Crippen molar-refractivity contribution < 1.29 is 18.3 Å². The van der Waals surface area contributed by atoms with E-state index < -0.39 is 23.1 Å². The summed E-state index contributed by atoms with van der Waals surface area (Å²) in [5, 5.41) is 8.50. The number of alkyl halides is 2. The molecule has 2 aliphatic heterocycles. The lowest BCUT2D eigenvalue weighted by atomic mass is 9.96. The quantitative estimate of drug-likeness (QED) is 0.354. The van der Waals surface area contributed by atoms with Gasteiger partial charge in [0.25, 0.3) is 11.5 Å². The molecule has 1 spiro atoms. The van der Waals surface area contributed by atoms with Gasteiger partial charge in [-0.15, -0.1) is 5.10 Å². The number of carbonyl (C=O) groups is 1. The number of amides is 1. The van der Waals surface area contributed by atoms with Crippen molar-refractivity contribution in [2.75, 3.05) is 42.5 Å². The van der Waals surface area contributed by atoms with E-state index in [4.69, 9.17) is 4.74 Å². The van der Waals surface area contributed by atoms with Crippen LogP contribution in [0.15, 0.2) is 41.7 Å². The fourth-order valence-corrected chi connectivity index (χ4v) is 6.61. The van der Waals surface area contributed by atoms with Crippen molar-refractivity contribution in [1.29, 1.82) is 0 Å². The zero-order chi connectivity index (χ0) is 32.4. The summed E-state index contributed by atoms with van der Waals surface area (Å²) in [4.78, 5) is 41.3. The first-order chi connectivity index (χ1) is 21.8. The molecule has 14 heteroatoms. The molecule has 4 aliphatic rings. The number of anilines is 2. The predicted molar refractivity (Wildman–Crippen MR) is 167 cm³/mol. The van der Waals surface area contributed by atoms with Gasteiger partial charge in [-0.05, 0) is 65.4 Å². The molecular weight excluding hydrogens is 596 g/mol. The topological polar surface area (TPSA) is 115 Å². The Labute approximate surface area is 266 Å². The highest BCUT2D eigenvalue weighted by molar-refractivity contribution is 5.69. The minimum atomic E-state index is -2.58. The van der Waals surface area contributed by atoms with Gasteiger partial charge < -0.3 is 19.4 Å². The number of nitrogens with zero attached hydrogens (tertiary/aromatic N) is 9. The van der Waals surface area contributed by atoms with Crippen LogP contribution >= 0.6 is 0 Å². The number of carbonyl (C=O) groups excluding carboxylic acids is 1. The summed E-state index contributed by atoms with van der Waals surface area (Å²) >= 11 is 0. The molecule has 3 aromatic rings. The maximum atomic E-state index is 13.7. The molecule has 3 aromatic heterocycles. The summed E-state index contributed by atoms with van der Waals surface area (Å²) < 4.78 is 36.2. The van der Waals surface area contributed by atoms with Crippen LogP contribution in [0.3, 0.4) is 0 Å². The third kappa shape index (κ3) is 5.93. The van der Waals surface area contributed by atoms with E-state index in [0.717, 1.165) is 37.9 Å². The van der Waals surface area contributed by atoms with E-state index in [0.29, 0.717) is 36.2 Å². The van der Waals surface area contributed by atoms with Gasteiger partial charge in [-0.2, -0.15) is 0 Å². The molecule has 2 atom stereocenters. The maximum Gasteiger partial charge on any atom is 0.410 e. The van der Waals surface area contributed by atoms with E-state index in [2.05, 4.69) is 25.2 Å². The Balaban J connectivity index is 1.02. The first-order valence-corrected chi connectivity index (χ1v) is 16.1. The van der Waals surface area contributed by atoms with Crippen molar-refractivity contribution >= 4 is 17.6 Å². The highest BCUT2D eigenvalue weighted by Gasteiger charge is 2.76. The Morgan fingerprint density at radius 1 is 1.15 bits per heavy atom. The Kier molecular flexibility index (Phi) is 7.31. The van der Waals surface area contributed by atoms with Crippen LogP contribution in [-0.2, 0) is 4.74 Å². The molecule has 2 aliphatic carbocycles. The van der Waals surface area contributed by atoms with E-state index in [1.54, 1.807) is 45.0 Å². The van der Waals surface area contributed by atoms with Crippen LogP contribution < -0.4 is 15.4 Å². The smallest absolute Gasteiger partial charge is 0.410 e. The number of piperidine rings is 1. The monoisotopic (exact) mass is 637 g/mol. The largest absolute Gasteiger partial charge is 0.444 e. The molecular formula is C32H41F2N9O3. The van der Waals surface area contributed by atoms with Crippen molar-refractivity contribution in [1.82, 2.24) is 34.4 Å². The average Bonchev–Trinajstić information content (AvgIpc) is 3.85. The van der Waals surface area contributed by atoms with E-state index in [9.17, 15) is 18.4 Å². The summed E-state index contributed by atoms with van der Waals surface area (Å²) in [5.74, 6) is -1.52. The number of pyridine rings is 1. The first kappa shape index (κ1) is 30.5. The molecule has 7 rings (SSSR count). The fourth-order valence-electron chi connectivity index (χ4n) is 6.61. The molecule has 0 aromatic carbocycles. The van der Waals surface area contributed by atoms with E-state index in [-0.39, 0.29) is 37.2 Å². The van der Waals surface area contributed by atoms with Gasteiger partial charge in [-0.1, -0.05) is 5.21 Å². The van der Waals surface area contributed by atoms with Crippen LogP contribution in [0.5, 0.6) is 0 Å². The summed E-state index contributed by atoms with van der Waals surface area (Å²) in [7, 11) is 0. The molecule has 2 saturated carbocycles. The molecule has 2 saturated heterocycles. The molecule has 1 amide bonds. The van der Waals surface area contributed by atoms with Crippen LogP contribution in [0.25, 0.3) is 11.4 Å². The van der Waals surface area contributed by atoms with Gasteiger partial charge in [0.15, 0.2) is 0 Å². The molecule has 4 fully saturated rings. The van der Waals surface area contributed by atoms with Crippen LogP contribution in [0.4, 0.5) is 25.1 Å². The molecule has 0 bridgehead atoms. The second kappa shape index (κ2) is 11.0. The summed E-state index contributed by atoms with van der Waals surface area (Å²) in [5.41, 5.74) is 0.112. The lowest BCUT2D eigenvalue weighted by Gasteiger charge is -2.40. The van der Waals surface area contributed by atoms with E-state index in [1.165, 1.54) is 0 Å². The minimum Gasteiger partial charge on any atom is -0.444 e. The van der Waals surface area contributed by atoms with Gasteiger partial charge in [0.2, 0.25) is 0 Å². The van der Waals surface area contributed by atoms with Gasteiger partial charge in [0.1, 0.15) is 29.0 Å². The number of ether oxygens (including phenoxy) is 1. The second-order valence-corrected chi connectivity index (χ2v) is 14.4. The van der Waals surface area contributed by atoms with E-state index in [1.807, 2.05) is 38.7 Å². The van der Waals surface area contributed by atoms with Crippen molar-refractivity contribution in [3.8, 4) is 11.4 Å².